The van der Waals surface area contributed by atoms with E-state index < -0.39 is 103 Å². The molecule has 0 N–H and O–H groups in total. The lowest BCUT2D eigenvalue weighted by atomic mass is 9.33. The summed E-state index contributed by atoms with van der Waals surface area (Å²) in [6.07, 6.45) is 0. The molecule has 6 heteroatoms. The molecule has 0 unspecified atom stereocenters. The van der Waals surface area contributed by atoms with E-state index in [1.165, 1.54) is 4.57 Å². The summed E-state index contributed by atoms with van der Waals surface area (Å²) in [6.45, 7) is 19.3. The van der Waals surface area contributed by atoms with Crippen molar-refractivity contribution in [3.05, 3.63) is 320 Å². The molecule has 3 aromatic heterocycles. The molecule has 0 atom stereocenters. The number of anilines is 6. The number of fused-ring (bicyclic) bond motifs is 13. The highest BCUT2D eigenvalue weighted by Crippen LogP contribution is 2.52. The largest absolute Gasteiger partial charge is 0.452 e. The highest BCUT2D eigenvalue weighted by molar-refractivity contribution is 7.00. The molecule has 490 valence electrons. The van der Waals surface area contributed by atoms with Crippen LogP contribution < -0.4 is 26.2 Å². The molecule has 0 aliphatic carbocycles. The van der Waals surface area contributed by atoms with Crippen molar-refractivity contribution in [3.8, 4) is 55.9 Å². The van der Waals surface area contributed by atoms with Gasteiger partial charge in [-0.1, -0.05) is 280 Å². The molecule has 0 radical (unpaired) electrons. The maximum atomic E-state index is 9.79. The molecule has 5 nitrogen and oxygen atoms in total. The normalized spacial score (nSPS) is 15.3. The average molecular weight is 1330 g/mol. The summed E-state index contributed by atoms with van der Waals surface area (Å²) >= 11 is 0. The Kier molecular flexibility index (Phi) is 10.4. The summed E-state index contributed by atoms with van der Waals surface area (Å²) in [4.78, 5) is 4.57. The van der Waals surface area contributed by atoms with Gasteiger partial charge in [-0.15, -0.1) is 0 Å². The van der Waals surface area contributed by atoms with Gasteiger partial charge in [0.25, 0.3) is 6.71 Å². The third-order valence-electron chi connectivity index (χ3n) is 20.8. The fourth-order valence-corrected chi connectivity index (χ4v) is 15.6. The van der Waals surface area contributed by atoms with Crippen LogP contribution in [0, 0.1) is 0 Å². The lowest BCUT2D eigenvalue weighted by Gasteiger charge is -2.45. The minimum atomic E-state index is -0.624. The number of benzene rings is 14. The lowest BCUT2D eigenvalue weighted by molar-refractivity contribution is 0.569. The van der Waals surface area contributed by atoms with Crippen LogP contribution >= 0.6 is 0 Å². The van der Waals surface area contributed by atoms with Crippen LogP contribution in [0.3, 0.4) is 0 Å². The first-order valence-electron chi connectivity index (χ1n) is 42.7. The fraction of sp³-hybridized carbons (Fsp3) is 0.125. The Balaban J connectivity index is 0.978. The standard InChI is InChI=1S/C96H77BN4O/c1-94(2,3)68-32-24-31-62(50-68)67-56-89-91-90(57-67)101(86-44-26-38-78-77-37-25-43-85(92(77)102-93(78)86)100-83-41-22-18-35-75(83)76-36-19-23-42-84(76)100)87-55-63(66-51-69(95(4,5)6)58-70(52-66)96(7,8)9)45-47-79(87)97(91)80-48-46-71(98-81-39-20-16-33-73(81)74-34-17-21-40-82(74)98)59-88(80)99(89)72-53-64(60-27-12-10-13-28-60)49-65(54-72)61-29-14-11-15-30-61/h10-59H,1-9H3/i16D,17D,18D,19D,20D,21D,22D,23D,33D,34D,35D,36D,39D,40D,41D,42D. The van der Waals surface area contributed by atoms with Gasteiger partial charge in [0.2, 0.25) is 0 Å². The first kappa shape index (κ1) is 46.5. The molecule has 17 aromatic rings. The van der Waals surface area contributed by atoms with E-state index in [2.05, 4.69) is 193 Å². The molecule has 0 spiro atoms. The van der Waals surface area contributed by atoms with Crippen LogP contribution in [-0.2, 0) is 16.2 Å². The van der Waals surface area contributed by atoms with Crippen molar-refractivity contribution < 1.29 is 26.3 Å². The summed E-state index contributed by atoms with van der Waals surface area (Å²) in [7, 11) is 0. The second-order valence-corrected chi connectivity index (χ2v) is 30.2. The van der Waals surface area contributed by atoms with E-state index in [0.717, 1.165) is 100 Å². The minimum Gasteiger partial charge on any atom is -0.452 e. The van der Waals surface area contributed by atoms with Crippen LogP contribution in [0.4, 0.5) is 34.1 Å². The summed E-state index contributed by atoms with van der Waals surface area (Å²) in [5.41, 5.74) is 17.9. The van der Waals surface area contributed by atoms with Crippen LogP contribution in [0.15, 0.2) is 307 Å². The number of rotatable bonds is 8. The van der Waals surface area contributed by atoms with E-state index in [4.69, 9.17) is 12.6 Å². The topological polar surface area (TPSA) is 29.5 Å². The molecule has 2 aliphatic rings. The summed E-state index contributed by atoms with van der Waals surface area (Å²) in [5.74, 6) is 0. The van der Waals surface area contributed by atoms with Gasteiger partial charge >= 0.3 is 0 Å². The number of aromatic nitrogens is 2. The molecule has 2 aliphatic heterocycles. The second kappa shape index (κ2) is 22.8. The molecule has 0 saturated heterocycles. The zero-order valence-corrected chi connectivity index (χ0v) is 57.9. The molecule has 0 saturated carbocycles. The van der Waals surface area contributed by atoms with Crippen molar-refractivity contribution in [3.63, 3.8) is 0 Å². The number of hydrogen-bond donors (Lipinski definition) is 0. The monoisotopic (exact) mass is 1330 g/mol. The van der Waals surface area contributed by atoms with Crippen molar-refractivity contribution in [1.29, 1.82) is 0 Å². The van der Waals surface area contributed by atoms with E-state index in [0.29, 0.717) is 33.4 Å². The van der Waals surface area contributed by atoms with Crippen molar-refractivity contribution >= 4 is 123 Å². The van der Waals surface area contributed by atoms with Gasteiger partial charge in [-0.2, -0.15) is 0 Å². The van der Waals surface area contributed by atoms with Crippen molar-refractivity contribution in [2.24, 2.45) is 0 Å². The first-order valence-corrected chi connectivity index (χ1v) is 34.7. The van der Waals surface area contributed by atoms with Crippen LogP contribution in [-0.4, -0.2) is 15.8 Å². The van der Waals surface area contributed by atoms with Gasteiger partial charge < -0.3 is 23.4 Å². The molecule has 0 fully saturated rings. The van der Waals surface area contributed by atoms with Crippen LogP contribution in [0.5, 0.6) is 0 Å². The molecular formula is C96H77BN4O. The summed E-state index contributed by atoms with van der Waals surface area (Å²) < 4.78 is 160. The SMILES string of the molecule is [2H]c1c([2H])c([2H])c2c(c1[2H])c1c([2H])c([2H])c([2H])c([2H])c1n2-c1ccc2c(c1)N(c1cc(-c3ccccc3)cc(-c3ccccc3)c1)c1cc(-c3cccc(C(C)(C)C)c3)cc3c1B2c1ccc(-c2cc(C(C)(C)C)cc(C(C)(C)C)c2)cc1N3c1cccc2c1oc1c(-n3c4c([2H])c([2H])c([2H])c([2H])c4c4c([2H])c([2H])c([2H])c([2H])c43)cccc12. The van der Waals surface area contributed by atoms with Gasteiger partial charge in [0.05, 0.1) is 55.4 Å². The molecule has 102 heavy (non-hydrogen) atoms. The Morgan fingerprint density at radius 1 is 0.284 bits per heavy atom. The van der Waals surface area contributed by atoms with E-state index >= 15 is 0 Å². The third-order valence-corrected chi connectivity index (χ3v) is 20.8. The Hall–Kier alpha value is -11.9. The Morgan fingerprint density at radius 2 is 0.706 bits per heavy atom. The molecule has 0 amide bonds. The van der Waals surface area contributed by atoms with E-state index in [-0.39, 0.29) is 71.1 Å². The van der Waals surface area contributed by atoms with E-state index in [9.17, 15) is 13.7 Å². The van der Waals surface area contributed by atoms with Crippen LogP contribution in [0.25, 0.3) is 121 Å². The lowest BCUT2D eigenvalue weighted by Crippen LogP contribution is -2.61. The van der Waals surface area contributed by atoms with Gasteiger partial charge in [0, 0.05) is 66.4 Å². The van der Waals surface area contributed by atoms with Crippen molar-refractivity contribution in [1.82, 2.24) is 9.13 Å². The highest BCUT2D eigenvalue weighted by Gasteiger charge is 2.45. The molecule has 14 aromatic carbocycles. The first-order chi connectivity index (χ1) is 56.1. The average Bonchev–Trinajstić information content (AvgIpc) is 1.02. The fourth-order valence-electron chi connectivity index (χ4n) is 15.6. The van der Waals surface area contributed by atoms with Crippen LogP contribution in [0.1, 0.15) is 101 Å². The molecule has 5 heterocycles. The highest BCUT2D eigenvalue weighted by atomic mass is 16.3. The third kappa shape index (κ3) is 9.74. The zero-order valence-electron chi connectivity index (χ0n) is 73.9. The van der Waals surface area contributed by atoms with Crippen molar-refractivity contribution in [2.45, 2.75) is 78.6 Å². The van der Waals surface area contributed by atoms with E-state index in [1.807, 2.05) is 78.9 Å². The maximum absolute atomic E-state index is 9.79. The maximum Gasteiger partial charge on any atom is 0.252 e. The molecular weight excluding hydrogens is 1240 g/mol. The predicted molar refractivity (Wildman–Crippen MR) is 434 cm³/mol. The number of nitrogens with zero attached hydrogens (tertiary/aromatic N) is 4. The number of furan rings is 1. The number of para-hydroxylation sites is 6. The predicted octanol–water partition coefficient (Wildman–Crippen LogP) is 24.4. The van der Waals surface area contributed by atoms with Gasteiger partial charge in [-0.05, 0) is 179 Å². The van der Waals surface area contributed by atoms with Gasteiger partial charge in [-0.25, -0.2) is 0 Å². The minimum absolute atomic E-state index is 0.0181. The quantitative estimate of drug-likeness (QED) is 0.142. The summed E-state index contributed by atoms with van der Waals surface area (Å²) in [6, 6.07) is 63.1. The van der Waals surface area contributed by atoms with Gasteiger partial charge in [-0.3, -0.25) is 0 Å². The van der Waals surface area contributed by atoms with Crippen molar-refractivity contribution in [2.75, 3.05) is 9.80 Å². The van der Waals surface area contributed by atoms with Gasteiger partial charge in [0.1, 0.15) is 0 Å². The molecule has 19 rings (SSSR count). The smallest absolute Gasteiger partial charge is 0.252 e. The zero-order chi connectivity index (χ0) is 83.0. The summed E-state index contributed by atoms with van der Waals surface area (Å²) in [5, 5.41) is 1.06. The van der Waals surface area contributed by atoms with E-state index in [1.54, 1.807) is 10.6 Å². The Labute approximate surface area is 619 Å². The second-order valence-electron chi connectivity index (χ2n) is 30.2. The Bertz CT molecular complexity index is 7050. The number of hydrogen-bond acceptors (Lipinski definition) is 3. The van der Waals surface area contributed by atoms with Crippen LogP contribution in [0.2, 0.25) is 0 Å². The Morgan fingerprint density at radius 3 is 1.25 bits per heavy atom. The molecule has 0 bridgehead atoms. The van der Waals surface area contributed by atoms with Gasteiger partial charge in [0.15, 0.2) is 11.2 Å².